The summed E-state index contributed by atoms with van der Waals surface area (Å²) in [6, 6.07) is 11.7. The number of likely N-dealkylation sites (tertiary alicyclic amines) is 1. The standard InChI is InChI=1S/C22H27N5O2/c1-2-27-14-6-7-19(27)21-24-20(29-25-21)15-23-22(28)18-10-8-17(9-11-18)16-26-12-4-3-5-13-26/h6-11,14H,2-5,12-13,15-16H2,1H3,(H,23,28). The van der Waals surface area contributed by atoms with Crippen LogP contribution in [-0.4, -0.2) is 38.6 Å². The predicted octanol–water partition coefficient (Wildman–Crippen LogP) is 3.47. The van der Waals surface area contributed by atoms with Crippen molar-refractivity contribution in [1.29, 1.82) is 0 Å². The molecule has 0 bridgehead atoms. The SMILES string of the molecule is CCn1cccc1-c1noc(CNC(=O)c2ccc(CN3CCCCC3)cc2)n1. The largest absolute Gasteiger partial charge is 0.345 e. The third-order valence-electron chi connectivity index (χ3n) is 5.34. The van der Waals surface area contributed by atoms with Gasteiger partial charge in [0, 0.05) is 24.8 Å². The minimum absolute atomic E-state index is 0.147. The smallest absolute Gasteiger partial charge is 0.251 e. The van der Waals surface area contributed by atoms with Gasteiger partial charge in [-0.05, 0) is 62.7 Å². The topological polar surface area (TPSA) is 76.2 Å². The summed E-state index contributed by atoms with van der Waals surface area (Å²) in [6.07, 6.45) is 5.87. The maximum absolute atomic E-state index is 12.4. The number of amides is 1. The summed E-state index contributed by atoms with van der Waals surface area (Å²) in [5.74, 6) is 0.772. The minimum atomic E-state index is -0.147. The third-order valence-corrected chi connectivity index (χ3v) is 5.34. The Labute approximate surface area is 170 Å². The van der Waals surface area contributed by atoms with Crippen molar-refractivity contribution >= 4 is 5.91 Å². The highest BCUT2D eigenvalue weighted by Gasteiger charge is 2.14. The second kappa shape index (κ2) is 9.05. The summed E-state index contributed by atoms with van der Waals surface area (Å²) in [4.78, 5) is 19.3. The molecule has 2 aromatic heterocycles. The lowest BCUT2D eigenvalue weighted by Crippen LogP contribution is -2.29. The van der Waals surface area contributed by atoms with Gasteiger partial charge in [0.2, 0.25) is 11.7 Å². The van der Waals surface area contributed by atoms with Crippen molar-refractivity contribution in [2.75, 3.05) is 13.1 Å². The van der Waals surface area contributed by atoms with Crippen LogP contribution in [0, 0.1) is 0 Å². The fourth-order valence-electron chi connectivity index (χ4n) is 3.72. The molecule has 152 valence electrons. The van der Waals surface area contributed by atoms with E-state index in [1.165, 1.54) is 24.8 Å². The highest BCUT2D eigenvalue weighted by atomic mass is 16.5. The summed E-state index contributed by atoms with van der Waals surface area (Å²) in [7, 11) is 0. The number of rotatable bonds is 7. The number of hydrogen-bond donors (Lipinski definition) is 1. The van der Waals surface area contributed by atoms with Crippen LogP contribution in [0.15, 0.2) is 47.1 Å². The molecule has 4 rings (SSSR count). The summed E-state index contributed by atoms with van der Waals surface area (Å²) in [6.45, 7) is 6.37. The molecule has 1 aliphatic heterocycles. The monoisotopic (exact) mass is 393 g/mol. The Morgan fingerprint density at radius 2 is 1.93 bits per heavy atom. The Hall–Kier alpha value is -2.93. The Morgan fingerprint density at radius 1 is 1.14 bits per heavy atom. The van der Waals surface area contributed by atoms with E-state index in [0.717, 1.165) is 31.9 Å². The van der Waals surface area contributed by atoms with Gasteiger partial charge in [-0.1, -0.05) is 23.7 Å². The number of aromatic nitrogens is 3. The summed E-state index contributed by atoms with van der Waals surface area (Å²) in [5.41, 5.74) is 2.77. The van der Waals surface area contributed by atoms with Crippen molar-refractivity contribution in [2.45, 2.75) is 45.8 Å². The van der Waals surface area contributed by atoms with E-state index in [1.54, 1.807) is 0 Å². The number of piperidine rings is 1. The van der Waals surface area contributed by atoms with Gasteiger partial charge < -0.3 is 14.4 Å². The zero-order valence-corrected chi connectivity index (χ0v) is 16.8. The molecule has 0 radical (unpaired) electrons. The van der Waals surface area contributed by atoms with Gasteiger partial charge >= 0.3 is 0 Å². The Morgan fingerprint density at radius 3 is 2.69 bits per heavy atom. The molecule has 0 spiro atoms. The molecule has 7 nitrogen and oxygen atoms in total. The quantitative estimate of drug-likeness (QED) is 0.665. The fraction of sp³-hybridized carbons (Fsp3) is 0.409. The molecule has 0 aliphatic carbocycles. The highest BCUT2D eigenvalue weighted by molar-refractivity contribution is 5.94. The molecule has 0 atom stereocenters. The summed E-state index contributed by atoms with van der Waals surface area (Å²) in [5, 5.41) is 6.87. The molecule has 7 heteroatoms. The minimum Gasteiger partial charge on any atom is -0.345 e. The molecular formula is C22H27N5O2. The van der Waals surface area contributed by atoms with Crippen LogP contribution in [0.2, 0.25) is 0 Å². The van der Waals surface area contributed by atoms with Gasteiger partial charge in [-0.3, -0.25) is 9.69 Å². The first kappa shape index (κ1) is 19.4. The highest BCUT2D eigenvalue weighted by Crippen LogP contribution is 2.17. The first-order chi connectivity index (χ1) is 14.2. The van der Waals surface area contributed by atoms with Gasteiger partial charge in [-0.15, -0.1) is 0 Å². The molecule has 3 heterocycles. The van der Waals surface area contributed by atoms with Crippen LogP contribution in [0.4, 0.5) is 0 Å². The Bertz CT molecular complexity index is 938. The fourth-order valence-corrected chi connectivity index (χ4v) is 3.72. The molecule has 1 aromatic carbocycles. The van der Waals surface area contributed by atoms with Crippen molar-refractivity contribution in [3.8, 4) is 11.5 Å². The van der Waals surface area contributed by atoms with Gasteiger partial charge in [0.1, 0.15) is 0 Å². The van der Waals surface area contributed by atoms with Crippen molar-refractivity contribution in [3.63, 3.8) is 0 Å². The van der Waals surface area contributed by atoms with Crippen LogP contribution in [0.25, 0.3) is 11.5 Å². The van der Waals surface area contributed by atoms with Crippen molar-refractivity contribution in [3.05, 3.63) is 59.6 Å². The number of hydrogen-bond acceptors (Lipinski definition) is 5. The molecule has 3 aromatic rings. The van der Waals surface area contributed by atoms with Crippen LogP contribution in [0.5, 0.6) is 0 Å². The van der Waals surface area contributed by atoms with Crippen LogP contribution in [0.1, 0.15) is 48.0 Å². The summed E-state index contributed by atoms with van der Waals surface area (Å²) >= 11 is 0. The molecule has 0 saturated carbocycles. The molecule has 1 amide bonds. The maximum Gasteiger partial charge on any atom is 0.251 e. The summed E-state index contributed by atoms with van der Waals surface area (Å²) < 4.78 is 7.32. The molecule has 0 unspecified atom stereocenters. The Kier molecular flexibility index (Phi) is 6.05. The third kappa shape index (κ3) is 4.74. The van der Waals surface area contributed by atoms with Gasteiger partial charge in [0.25, 0.3) is 5.91 Å². The number of carbonyl (C=O) groups excluding carboxylic acids is 1. The van der Waals surface area contributed by atoms with Crippen molar-refractivity contribution in [2.24, 2.45) is 0 Å². The van der Waals surface area contributed by atoms with Crippen molar-refractivity contribution in [1.82, 2.24) is 24.9 Å². The number of aryl methyl sites for hydroxylation is 1. The van der Waals surface area contributed by atoms with Gasteiger partial charge in [0.15, 0.2) is 0 Å². The van der Waals surface area contributed by atoms with Crippen LogP contribution >= 0.6 is 0 Å². The normalized spacial score (nSPS) is 14.8. The molecule has 1 N–H and O–H groups in total. The predicted molar refractivity (Wildman–Crippen MR) is 110 cm³/mol. The number of nitrogens with one attached hydrogen (secondary N) is 1. The molecule has 29 heavy (non-hydrogen) atoms. The van der Waals surface area contributed by atoms with E-state index in [-0.39, 0.29) is 12.5 Å². The number of benzene rings is 1. The lowest BCUT2D eigenvalue weighted by atomic mass is 10.1. The lowest BCUT2D eigenvalue weighted by Gasteiger charge is -2.26. The first-order valence-electron chi connectivity index (χ1n) is 10.3. The van der Waals surface area contributed by atoms with E-state index in [0.29, 0.717) is 17.3 Å². The van der Waals surface area contributed by atoms with Gasteiger partial charge in [-0.25, -0.2) is 0 Å². The second-order valence-electron chi connectivity index (χ2n) is 7.41. The average Bonchev–Trinajstić information content (AvgIpc) is 3.42. The van der Waals surface area contributed by atoms with E-state index in [9.17, 15) is 4.79 Å². The van der Waals surface area contributed by atoms with E-state index in [2.05, 4.69) is 27.3 Å². The van der Waals surface area contributed by atoms with E-state index in [4.69, 9.17) is 4.52 Å². The number of carbonyl (C=O) groups is 1. The first-order valence-corrected chi connectivity index (χ1v) is 10.3. The number of nitrogens with zero attached hydrogens (tertiary/aromatic N) is 4. The Balaban J connectivity index is 1.31. The van der Waals surface area contributed by atoms with Crippen LogP contribution in [0.3, 0.4) is 0 Å². The molecule has 1 saturated heterocycles. The van der Waals surface area contributed by atoms with Gasteiger partial charge in [-0.2, -0.15) is 4.98 Å². The maximum atomic E-state index is 12.4. The average molecular weight is 393 g/mol. The van der Waals surface area contributed by atoms with Crippen LogP contribution in [-0.2, 0) is 19.6 Å². The second-order valence-corrected chi connectivity index (χ2v) is 7.41. The van der Waals surface area contributed by atoms with E-state index < -0.39 is 0 Å². The zero-order chi connectivity index (χ0) is 20.1. The zero-order valence-electron chi connectivity index (χ0n) is 16.8. The molecular weight excluding hydrogens is 366 g/mol. The van der Waals surface area contributed by atoms with E-state index >= 15 is 0 Å². The van der Waals surface area contributed by atoms with Crippen LogP contribution < -0.4 is 5.32 Å². The van der Waals surface area contributed by atoms with Gasteiger partial charge in [0.05, 0.1) is 12.2 Å². The molecule has 1 aliphatic rings. The van der Waals surface area contributed by atoms with Crippen molar-refractivity contribution < 1.29 is 9.32 Å². The lowest BCUT2D eigenvalue weighted by molar-refractivity contribution is 0.0946. The molecule has 1 fully saturated rings. The van der Waals surface area contributed by atoms with E-state index in [1.807, 2.05) is 47.2 Å².